The highest BCUT2D eigenvalue weighted by Gasteiger charge is 2.29. The molecule has 3 aromatic rings. The Morgan fingerprint density at radius 2 is 1.70 bits per heavy atom. The summed E-state index contributed by atoms with van der Waals surface area (Å²) in [5, 5.41) is 0. The van der Waals surface area contributed by atoms with E-state index in [-0.39, 0.29) is 16.2 Å². The molecule has 0 amide bonds. The standard InChI is InChI=1S/C21H31N5S/c1-19(2,3)15-11-23-17(26-15)9-21(6,7)18-24-10-14(25-18)8-20(4,5)16-12-22-13-27-16/h10-13H,8-9H2,1-7H3,(H,23,26)(H,24,25). The summed E-state index contributed by atoms with van der Waals surface area (Å²) in [7, 11) is 0. The number of nitrogens with zero attached hydrogens (tertiary/aromatic N) is 3. The Balaban J connectivity index is 1.73. The average Bonchev–Trinajstić information content (AvgIpc) is 3.27. The second-order valence-corrected chi connectivity index (χ2v) is 10.6. The molecule has 0 bridgehead atoms. The van der Waals surface area contributed by atoms with E-state index >= 15 is 0 Å². The van der Waals surface area contributed by atoms with Gasteiger partial charge in [-0.15, -0.1) is 11.3 Å². The summed E-state index contributed by atoms with van der Waals surface area (Å²) in [6.07, 6.45) is 7.69. The zero-order valence-electron chi connectivity index (χ0n) is 17.5. The number of rotatable bonds is 6. The van der Waals surface area contributed by atoms with Crippen molar-refractivity contribution in [2.45, 2.75) is 77.6 Å². The fraction of sp³-hybridized carbons (Fsp3) is 0.571. The van der Waals surface area contributed by atoms with Gasteiger partial charge in [-0.3, -0.25) is 4.98 Å². The van der Waals surface area contributed by atoms with Gasteiger partial charge in [-0.2, -0.15) is 0 Å². The highest BCUT2D eigenvalue weighted by Crippen LogP contribution is 2.31. The van der Waals surface area contributed by atoms with Gasteiger partial charge in [0.1, 0.15) is 11.6 Å². The molecule has 5 nitrogen and oxygen atoms in total. The Labute approximate surface area is 166 Å². The summed E-state index contributed by atoms with van der Waals surface area (Å²) in [6.45, 7) is 15.5. The van der Waals surface area contributed by atoms with Crippen LogP contribution in [0.15, 0.2) is 24.1 Å². The Hall–Kier alpha value is -1.95. The summed E-state index contributed by atoms with van der Waals surface area (Å²) in [4.78, 5) is 21.9. The predicted molar refractivity (Wildman–Crippen MR) is 111 cm³/mol. The zero-order valence-corrected chi connectivity index (χ0v) is 18.3. The molecular formula is C21H31N5S. The maximum atomic E-state index is 4.79. The van der Waals surface area contributed by atoms with Gasteiger partial charge in [-0.05, 0) is 6.42 Å². The molecule has 0 spiro atoms. The van der Waals surface area contributed by atoms with Crippen LogP contribution in [0, 0.1) is 0 Å². The molecule has 6 heteroatoms. The lowest BCUT2D eigenvalue weighted by Gasteiger charge is -2.23. The van der Waals surface area contributed by atoms with E-state index < -0.39 is 0 Å². The Morgan fingerprint density at radius 3 is 2.30 bits per heavy atom. The number of hydrogen-bond donors (Lipinski definition) is 2. The van der Waals surface area contributed by atoms with Crippen molar-refractivity contribution in [3.63, 3.8) is 0 Å². The van der Waals surface area contributed by atoms with Crippen molar-refractivity contribution < 1.29 is 0 Å². The van der Waals surface area contributed by atoms with E-state index in [9.17, 15) is 0 Å². The molecule has 146 valence electrons. The van der Waals surface area contributed by atoms with E-state index in [2.05, 4.69) is 63.4 Å². The topological polar surface area (TPSA) is 70.2 Å². The van der Waals surface area contributed by atoms with Crippen LogP contribution in [-0.2, 0) is 29.1 Å². The van der Waals surface area contributed by atoms with Crippen LogP contribution in [0.5, 0.6) is 0 Å². The maximum Gasteiger partial charge on any atom is 0.112 e. The maximum absolute atomic E-state index is 4.79. The Bertz CT molecular complexity index is 878. The predicted octanol–water partition coefficient (Wildman–Crippen LogP) is 4.93. The summed E-state index contributed by atoms with van der Waals surface area (Å²) in [5.41, 5.74) is 4.12. The van der Waals surface area contributed by atoms with Crippen LogP contribution < -0.4 is 0 Å². The van der Waals surface area contributed by atoms with E-state index in [0.717, 1.165) is 35.9 Å². The van der Waals surface area contributed by atoms with Gasteiger partial charge in [0.2, 0.25) is 0 Å². The molecule has 0 fully saturated rings. The molecule has 0 aromatic carbocycles. The molecule has 2 N–H and O–H groups in total. The minimum absolute atomic E-state index is 0.0394. The Kier molecular flexibility index (Phi) is 5.06. The van der Waals surface area contributed by atoms with Crippen LogP contribution in [0.2, 0.25) is 0 Å². The number of aromatic nitrogens is 5. The van der Waals surface area contributed by atoms with Crippen LogP contribution in [0.4, 0.5) is 0 Å². The highest BCUT2D eigenvalue weighted by molar-refractivity contribution is 7.09. The first-order chi connectivity index (χ1) is 12.5. The smallest absolute Gasteiger partial charge is 0.112 e. The SMILES string of the molecule is CC(C)(C)c1c[nH]c(CC(C)(C)c2ncc(CC(C)(C)c3cncs3)[nH]2)n1. The molecule has 0 unspecified atom stereocenters. The number of nitrogens with one attached hydrogen (secondary N) is 2. The molecule has 27 heavy (non-hydrogen) atoms. The molecule has 3 heterocycles. The second kappa shape index (κ2) is 6.89. The van der Waals surface area contributed by atoms with Gasteiger partial charge in [-0.25, -0.2) is 9.97 Å². The van der Waals surface area contributed by atoms with Crippen LogP contribution in [0.1, 0.15) is 76.4 Å². The molecule has 3 rings (SSSR count). The highest BCUT2D eigenvalue weighted by atomic mass is 32.1. The van der Waals surface area contributed by atoms with E-state index in [1.807, 2.05) is 24.1 Å². The third kappa shape index (κ3) is 4.49. The second-order valence-electron chi connectivity index (χ2n) is 9.73. The summed E-state index contributed by atoms with van der Waals surface area (Å²) in [6, 6.07) is 0. The zero-order chi connectivity index (χ0) is 19.9. The fourth-order valence-electron chi connectivity index (χ4n) is 3.24. The van der Waals surface area contributed by atoms with Crippen molar-refractivity contribution in [2.24, 2.45) is 0 Å². The first-order valence-electron chi connectivity index (χ1n) is 9.45. The van der Waals surface area contributed by atoms with Gasteiger partial charge in [0.15, 0.2) is 0 Å². The minimum atomic E-state index is -0.125. The molecule has 0 aliphatic rings. The largest absolute Gasteiger partial charge is 0.348 e. The summed E-state index contributed by atoms with van der Waals surface area (Å²) < 4.78 is 0. The van der Waals surface area contributed by atoms with Gasteiger partial charge >= 0.3 is 0 Å². The molecule has 0 atom stereocenters. The van der Waals surface area contributed by atoms with Gasteiger partial charge < -0.3 is 9.97 Å². The first kappa shape index (κ1) is 19.8. The first-order valence-corrected chi connectivity index (χ1v) is 10.3. The van der Waals surface area contributed by atoms with Crippen molar-refractivity contribution >= 4 is 11.3 Å². The van der Waals surface area contributed by atoms with E-state index in [0.29, 0.717) is 0 Å². The van der Waals surface area contributed by atoms with E-state index in [1.165, 1.54) is 4.88 Å². The van der Waals surface area contributed by atoms with E-state index in [1.54, 1.807) is 11.3 Å². The molecule has 0 radical (unpaired) electrons. The lowest BCUT2D eigenvalue weighted by molar-refractivity contribution is 0.474. The number of hydrogen-bond acceptors (Lipinski definition) is 4. The normalized spacial score (nSPS) is 13.3. The van der Waals surface area contributed by atoms with Crippen LogP contribution in [-0.4, -0.2) is 24.9 Å². The minimum Gasteiger partial charge on any atom is -0.348 e. The molecule has 0 aliphatic heterocycles. The van der Waals surface area contributed by atoms with Crippen LogP contribution >= 0.6 is 11.3 Å². The van der Waals surface area contributed by atoms with Gasteiger partial charge in [0, 0.05) is 51.8 Å². The fourth-order valence-corrected chi connectivity index (χ4v) is 3.99. The third-order valence-corrected chi connectivity index (χ3v) is 6.15. The van der Waals surface area contributed by atoms with Gasteiger partial charge in [0.25, 0.3) is 0 Å². The van der Waals surface area contributed by atoms with Gasteiger partial charge in [0.05, 0.1) is 11.2 Å². The number of aromatic amines is 2. The lowest BCUT2D eigenvalue weighted by Crippen LogP contribution is -2.24. The molecule has 0 saturated carbocycles. The van der Waals surface area contributed by atoms with Crippen molar-refractivity contribution in [1.29, 1.82) is 0 Å². The van der Waals surface area contributed by atoms with Crippen molar-refractivity contribution in [3.8, 4) is 0 Å². The van der Waals surface area contributed by atoms with E-state index in [4.69, 9.17) is 9.97 Å². The van der Waals surface area contributed by atoms with Gasteiger partial charge in [-0.1, -0.05) is 48.5 Å². The molecule has 0 saturated heterocycles. The average molecular weight is 386 g/mol. The van der Waals surface area contributed by atoms with Crippen LogP contribution in [0.25, 0.3) is 0 Å². The third-order valence-electron chi connectivity index (χ3n) is 5.01. The van der Waals surface area contributed by atoms with Crippen molar-refractivity contribution in [3.05, 3.63) is 52.0 Å². The lowest BCUT2D eigenvalue weighted by atomic mass is 9.86. The quantitative estimate of drug-likeness (QED) is 0.632. The number of H-pyrrole nitrogens is 2. The Morgan fingerprint density at radius 1 is 0.963 bits per heavy atom. The number of thiazole rings is 1. The summed E-state index contributed by atoms with van der Waals surface area (Å²) in [5.74, 6) is 2.01. The molecule has 0 aliphatic carbocycles. The van der Waals surface area contributed by atoms with Crippen molar-refractivity contribution in [2.75, 3.05) is 0 Å². The van der Waals surface area contributed by atoms with Crippen molar-refractivity contribution in [1.82, 2.24) is 24.9 Å². The van der Waals surface area contributed by atoms with Crippen LogP contribution in [0.3, 0.4) is 0 Å². The monoisotopic (exact) mass is 385 g/mol. The number of imidazole rings is 2. The summed E-state index contributed by atoms with van der Waals surface area (Å²) >= 11 is 1.71. The molecule has 3 aromatic heterocycles. The molecular weight excluding hydrogens is 354 g/mol.